The second-order valence-electron chi connectivity index (χ2n) is 5.57. The van der Waals surface area contributed by atoms with Gasteiger partial charge in [0.2, 0.25) is 0 Å². The lowest BCUT2D eigenvalue weighted by molar-refractivity contribution is 0.0601. The fourth-order valence-electron chi connectivity index (χ4n) is 2.84. The maximum absolute atomic E-state index is 11.6. The highest BCUT2D eigenvalue weighted by molar-refractivity contribution is 5.92. The Hall–Kier alpha value is -1.75. The molecule has 0 heterocycles. The van der Waals surface area contributed by atoms with Crippen molar-refractivity contribution >= 4 is 17.3 Å². The molecule has 21 heavy (non-hydrogen) atoms. The predicted octanol–water partition coefficient (Wildman–Crippen LogP) is 3.44. The Morgan fingerprint density at radius 1 is 1.19 bits per heavy atom. The summed E-state index contributed by atoms with van der Waals surface area (Å²) in [5.74, 6) is 0.293. The molecular weight excluding hydrogens is 268 g/mol. The molecule has 1 aromatic carbocycles. The lowest BCUT2D eigenvalue weighted by Gasteiger charge is -2.31. The molecule has 5 heteroatoms. The third kappa shape index (κ3) is 3.88. The molecule has 2 unspecified atom stereocenters. The fraction of sp³-hybridized carbons (Fsp3) is 0.562. The van der Waals surface area contributed by atoms with Crippen LogP contribution in [0.15, 0.2) is 18.2 Å². The molecule has 5 nitrogen and oxygen atoms in total. The maximum Gasteiger partial charge on any atom is 0.337 e. The van der Waals surface area contributed by atoms with Crippen LogP contribution in [-0.2, 0) is 9.57 Å². The van der Waals surface area contributed by atoms with Crippen molar-refractivity contribution in [2.75, 3.05) is 25.0 Å². The van der Waals surface area contributed by atoms with Crippen LogP contribution in [-0.4, -0.2) is 26.2 Å². The summed E-state index contributed by atoms with van der Waals surface area (Å²) in [5.41, 5.74) is 5.02. The molecule has 0 spiro atoms. The van der Waals surface area contributed by atoms with Crippen LogP contribution in [0.2, 0.25) is 0 Å². The molecule has 2 N–H and O–H groups in total. The summed E-state index contributed by atoms with van der Waals surface area (Å²) in [6.07, 6.45) is 5.00. The van der Waals surface area contributed by atoms with Crippen LogP contribution in [0.5, 0.6) is 0 Å². The molecular formula is C16H24N2O3. The largest absolute Gasteiger partial charge is 0.465 e. The first-order chi connectivity index (χ1) is 10.2. The highest BCUT2D eigenvalue weighted by Gasteiger charge is 2.22. The van der Waals surface area contributed by atoms with Crippen molar-refractivity contribution in [2.24, 2.45) is 5.92 Å². The highest BCUT2D eigenvalue weighted by Crippen LogP contribution is 2.30. The number of nitrogens with one attached hydrogen (secondary N) is 2. The molecule has 0 radical (unpaired) electrons. The fourth-order valence-corrected chi connectivity index (χ4v) is 2.84. The number of carbonyl (C=O) groups is 1. The first-order valence-electron chi connectivity index (χ1n) is 7.43. The van der Waals surface area contributed by atoms with Crippen molar-refractivity contribution in [1.29, 1.82) is 0 Å². The lowest BCUT2D eigenvalue weighted by Crippen LogP contribution is -2.30. The minimum atomic E-state index is -0.355. The Bertz CT molecular complexity index is 490. The van der Waals surface area contributed by atoms with E-state index in [-0.39, 0.29) is 5.97 Å². The molecule has 1 saturated carbocycles. The summed E-state index contributed by atoms with van der Waals surface area (Å²) in [7, 11) is 2.93. The Kier molecular flexibility index (Phi) is 5.44. The minimum Gasteiger partial charge on any atom is -0.465 e. The number of benzene rings is 1. The first kappa shape index (κ1) is 15.6. The number of rotatable bonds is 5. The Balaban J connectivity index is 2.19. The van der Waals surface area contributed by atoms with Gasteiger partial charge in [-0.05, 0) is 37.0 Å². The van der Waals surface area contributed by atoms with Crippen LogP contribution in [0, 0.1) is 5.92 Å². The van der Waals surface area contributed by atoms with Gasteiger partial charge in [0.25, 0.3) is 0 Å². The van der Waals surface area contributed by atoms with Crippen molar-refractivity contribution in [3.05, 3.63) is 23.8 Å². The molecule has 2 atom stereocenters. The molecule has 1 fully saturated rings. The molecule has 0 aliphatic heterocycles. The van der Waals surface area contributed by atoms with Gasteiger partial charge in [-0.3, -0.25) is 10.3 Å². The normalized spacial score (nSPS) is 21.7. The zero-order valence-electron chi connectivity index (χ0n) is 12.9. The second kappa shape index (κ2) is 7.31. The van der Waals surface area contributed by atoms with Crippen molar-refractivity contribution in [2.45, 2.75) is 38.6 Å². The van der Waals surface area contributed by atoms with Crippen LogP contribution in [0.1, 0.15) is 43.0 Å². The molecule has 1 aromatic rings. The summed E-state index contributed by atoms with van der Waals surface area (Å²) < 4.78 is 4.75. The van der Waals surface area contributed by atoms with E-state index in [9.17, 15) is 4.79 Å². The zero-order chi connectivity index (χ0) is 15.2. The van der Waals surface area contributed by atoms with Gasteiger partial charge >= 0.3 is 5.97 Å². The van der Waals surface area contributed by atoms with Crippen molar-refractivity contribution in [3.63, 3.8) is 0 Å². The van der Waals surface area contributed by atoms with Crippen molar-refractivity contribution in [3.8, 4) is 0 Å². The molecule has 2 rings (SSSR count). The smallest absolute Gasteiger partial charge is 0.337 e. The summed E-state index contributed by atoms with van der Waals surface area (Å²) in [6, 6.07) is 5.86. The average molecular weight is 292 g/mol. The van der Waals surface area contributed by atoms with Crippen LogP contribution >= 0.6 is 0 Å². The van der Waals surface area contributed by atoms with E-state index in [1.165, 1.54) is 32.8 Å². The standard InChI is InChI=1S/C16H24N2O3/c1-11-6-4-5-7-13(11)17-14-9-8-12(16(19)20-2)10-15(14)18-21-3/h8-11,13,17-18H,4-7H2,1-3H3. The highest BCUT2D eigenvalue weighted by atomic mass is 16.6. The molecule has 0 amide bonds. The van der Waals surface area contributed by atoms with Gasteiger partial charge in [0.05, 0.1) is 31.2 Å². The van der Waals surface area contributed by atoms with Crippen LogP contribution < -0.4 is 10.8 Å². The van der Waals surface area contributed by atoms with Crippen LogP contribution in [0.4, 0.5) is 11.4 Å². The van der Waals surface area contributed by atoms with Crippen molar-refractivity contribution < 1.29 is 14.4 Å². The van der Waals surface area contributed by atoms with E-state index in [1.807, 2.05) is 6.07 Å². The van der Waals surface area contributed by atoms with E-state index in [1.54, 1.807) is 19.2 Å². The number of anilines is 2. The van der Waals surface area contributed by atoms with E-state index >= 15 is 0 Å². The maximum atomic E-state index is 11.6. The van der Waals surface area contributed by atoms with Gasteiger partial charge in [-0.15, -0.1) is 0 Å². The van der Waals surface area contributed by atoms with Gasteiger partial charge in [0.1, 0.15) is 0 Å². The van der Waals surface area contributed by atoms with Gasteiger partial charge in [-0.25, -0.2) is 4.79 Å². The summed E-state index contributed by atoms with van der Waals surface area (Å²) >= 11 is 0. The van der Waals surface area contributed by atoms with Gasteiger partial charge in [-0.1, -0.05) is 19.8 Å². The minimum absolute atomic E-state index is 0.355. The van der Waals surface area contributed by atoms with Crippen LogP contribution in [0.3, 0.4) is 0 Å². The number of hydrogen-bond acceptors (Lipinski definition) is 5. The van der Waals surface area contributed by atoms with E-state index in [0.717, 1.165) is 11.4 Å². The molecule has 0 bridgehead atoms. The van der Waals surface area contributed by atoms with Gasteiger partial charge in [0.15, 0.2) is 0 Å². The molecule has 1 aliphatic rings. The van der Waals surface area contributed by atoms with Crippen molar-refractivity contribution in [1.82, 2.24) is 0 Å². The number of hydrogen-bond donors (Lipinski definition) is 2. The van der Waals surface area contributed by atoms with E-state index in [0.29, 0.717) is 17.5 Å². The predicted molar refractivity (Wildman–Crippen MR) is 83.5 cm³/mol. The Morgan fingerprint density at radius 2 is 1.95 bits per heavy atom. The summed E-state index contributed by atoms with van der Waals surface area (Å²) in [5, 5.41) is 3.57. The third-order valence-electron chi connectivity index (χ3n) is 4.11. The second-order valence-corrected chi connectivity index (χ2v) is 5.57. The molecule has 1 aliphatic carbocycles. The van der Waals surface area contributed by atoms with E-state index in [4.69, 9.17) is 9.57 Å². The molecule has 116 valence electrons. The average Bonchev–Trinajstić information content (AvgIpc) is 2.50. The summed E-state index contributed by atoms with van der Waals surface area (Å²) in [6.45, 7) is 2.28. The van der Waals surface area contributed by atoms with E-state index < -0.39 is 0 Å². The number of carbonyl (C=O) groups excluding carboxylic acids is 1. The quantitative estimate of drug-likeness (QED) is 0.643. The number of ether oxygens (including phenoxy) is 1. The van der Waals surface area contributed by atoms with Crippen LogP contribution in [0.25, 0.3) is 0 Å². The molecule has 0 saturated heterocycles. The SMILES string of the molecule is CONc1cc(C(=O)OC)ccc1NC1CCCCC1C. The topological polar surface area (TPSA) is 59.6 Å². The Morgan fingerprint density at radius 3 is 2.62 bits per heavy atom. The number of methoxy groups -OCH3 is 1. The first-order valence-corrected chi connectivity index (χ1v) is 7.43. The van der Waals surface area contributed by atoms with Gasteiger partial charge < -0.3 is 10.1 Å². The Labute approximate surface area is 126 Å². The van der Waals surface area contributed by atoms with Gasteiger partial charge in [0, 0.05) is 6.04 Å². The van der Waals surface area contributed by atoms with Gasteiger partial charge in [-0.2, -0.15) is 0 Å². The summed E-state index contributed by atoms with van der Waals surface area (Å²) in [4.78, 5) is 16.6. The third-order valence-corrected chi connectivity index (χ3v) is 4.11. The monoisotopic (exact) mass is 292 g/mol. The molecule has 0 aromatic heterocycles. The number of esters is 1. The lowest BCUT2D eigenvalue weighted by atomic mass is 9.86. The zero-order valence-corrected chi connectivity index (χ0v) is 12.9. The van der Waals surface area contributed by atoms with E-state index in [2.05, 4.69) is 17.7 Å².